The van der Waals surface area contributed by atoms with Gasteiger partial charge in [0.15, 0.2) is 0 Å². The van der Waals surface area contributed by atoms with Gasteiger partial charge in [0, 0.05) is 41.9 Å². The van der Waals surface area contributed by atoms with Crippen LogP contribution in [0.4, 0.5) is 5.69 Å². The Kier molecular flexibility index (Phi) is 7.34. The Hall–Kier alpha value is -3.28. The van der Waals surface area contributed by atoms with Crippen LogP contribution in [-0.2, 0) is 10.0 Å². The first kappa shape index (κ1) is 22.4. The number of hydrogen-bond donors (Lipinski definition) is 2. The first-order chi connectivity index (χ1) is 14.8. The number of sulfonamides is 1. The van der Waals surface area contributed by atoms with Crippen LogP contribution >= 0.6 is 11.8 Å². The molecule has 0 bridgehead atoms. The molecule has 0 fully saturated rings. The molecule has 1 amide bonds. The number of carbonyl (C=O) groups excluding carboxylic acids is 1. The van der Waals surface area contributed by atoms with Crippen LogP contribution in [0, 0.1) is 10.1 Å². The zero-order valence-corrected chi connectivity index (χ0v) is 17.7. The molecule has 160 valence electrons. The van der Waals surface area contributed by atoms with Crippen LogP contribution in [-0.4, -0.2) is 37.3 Å². The van der Waals surface area contributed by atoms with E-state index in [4.69, 9.17) is 0 Å². The Morgan fingerprint density at radius 2 is 1.81 bits per heavy atom. The molecule has 2 aromatic carbocycles. The van der Waals surface area contributed by atoms with Gasteiger partial charge >= 0.3 is 0 Å². The predicted molar refractivity (Wildman–Crippen MR) is 115 cm³/mol. The molecule has 3 aromatic rings. The van der Waals surface area contributed by atoms with E-state index < -0.39 is 14.9 Å². The van der Waals surface area contributed by atoms with Gasteiger partial charge in [-0.3, -0.25) is 14.9 Å². The topological polar surface area (TPSA) is 131 Å². The summed E-state index contributed by atoms with van der Waals surface area (Å²) in [5.74, 6) is -0.344. The molecular weight excluding hydrogens is 440 g/mol. The Morgan fingerprint density at radius 3 is 2.48 bits per heavy atom. The summed E-state index contributed by atoms with van der Waals surface area (Å²) in [5.41, 5.74) is 0.118. The van der Waals surface area contributed by atoms with Crippen LogP contribution in [0.15, 0.2) is 87.7 Å². The first-order valence-corrected chi connectivity index (χ1v) is 11.4. The van der Waals surface area contributed by atoms with Crippen molar-refractivity contribution in [2.45, 2.75) is 14.8 Å². The summed E-state index contributed by atoms with van der Waals surface area (Å²) in [5, 5.41) is 14.3. The van der Waals surface area contributed by atoms with Gasteiger partial charge in [-0.05, 0) is 42.5 Å². The maximum Gasteiger partial charge on any atom is 0.270 e. The summed E-state index contributed by atoms with van der Waals surface area (Å²) in [6, 6.07) is 17.3. The van der Waals surface area contributed by atoms with Crippen molar-refractivity contribution in [1.29, 1.82) is 0 Å². The standard InChI is InChI=1S/C20H18N4O5S2/c25-20(15-7-9-17(10-8-15)30-19-6-1-2-11-21-19)22-12-13-23-31(28,29)18-5-3-4-16(14-18)24(26)27/h1-11,14,23H,12-13H2,(H,22,25). The summed E-state index contributed by atoms with van der Waals surface area (Å²) in [6.45, 7) is -0.0121. The molecule has 3 rings (SSSR count). The molecule has 0 aliphatic rings. The number of benzene rings is 2. The third-order valence-electron chi connectivity index (χ3n) is 4.02. The SMILES string of the molecule is O=C(NCCNS(=O)(=O)c1cccc([N+](=O)[O-])c1)c1ccc(Sc2ccccn2)cc1. The lowest BCUT2D eigenvalue weighted by Crippen LogP contribution is -2.34. The fraction of sp³-hybridized carbons (Fsp3) is 0.100. The van der Waals surface area contributed by atoms with E-state index in [2.05, 4.69) is 15.0 Å². The van der Waals surface area contributed by atoms with Gasteiger partial charge in [0.05, 0.1) is 9.82 Å². The summed E-state index contributed by atoms with van der Waals surface area (Å²) in [7, 11) is -3.93. The van der Waals surface area contributed by atoms with Crippen LogP contribution in [0.1, 0.15) is 10.4 Å². The van der Waals surface area contributed by atoms with Gasteiger partial charge in [-0.25, -0.2) is 18.1 Å². The average molecular weight is 459 g/mol. The Bertz CT molecular complexity index is 1170. The number of carbonyl (C=O) groups is 1. The highest BCUT2D eigenvalue weighted by Crippen LogP contribution is 2.25. The Balaban J connectivity index is 1.49. The molecule has 31 heavy (non-hydrogen) atoms. The molecule has 9 nitrogen and oxygen atoms in total. The number of nitrogens with one attached hydrogen (secondary N) is 2. The van der Waals surface area contributed by atoms with Gasteiger partial charge in [-0.15, -0.1) is 0 Å². The van der Waals surface area contributed by atoms with Gasteiger partial charge in [0.2, 0.25) is 10.0 Å². The van der Waals surface area contributed by atoms with Crippen LogP contribution in [0.2, 0.25) is 0 Å². The van der Waals surface area contributed by atoms with E-state index in [9.17, 15) is 23.3 Å². The number of nitrogens with zero attached hydrogens (tertiary/aromatic N) is 2. The van der Waals surface area contributed by atoms with Gasteiger partial charge in [-0.1, -0.05) is 23.9 Å². The van der Waals surface area contributed by atoms with E-state index >= 15 is 0 Å². The minimum atomic E-state index is -3.93. The summed E-state index contributed by atoms with van der Waals surface area (Å²) < 4.78 is 26.8. The number of hydrogen-bond acceptors (Lipinski definition) is 7. The average Bonchev–Trinajstić information content (AvgIpc) is 2.78. The van der Waals surface area contributed by atoms with Gasteiger partial charge in [0.25, 0.3) is 11.6 Å². The number of rotatable bonds is 9. The summed E-state index contributed by atoms with van der Waals surface area (Å²) in [6.07, 6.45) is 1.71. The maximum atomic E-state index is 12.3. The Morgan fingerprint density at radius 1 is 1.03 bits per heavy atom. The molecular formula is C20H18N4O5S2. The van der Waals surface area contributed by atoms with Crippen molar-refractivity contribution in [2.24, 2.45) is 0 Å². The summed E-state index contributed by atoms with van der Waals surface area (Å²) >= 11 is 1.47. The van der Waals surface area contributed by atoms with Crippen molar-refractivity contribution in [2.75, 3.05) is 13.1 Å². The van der Waals surface area contributed by atoms with E-state index in [1.165, 1.54) is 30.0 Å². The van der Waals surface area contributed by atoms with E-state index in [0.29, 0.717) is 5.56 Å². The van der Waals surface area contributed by atoms with Crippen LogP contribution in [0.25, 0.3) is 0 Å². The molecule has 0 aliphatic heterocycles. The first-order valence-electron chi connectivity index (χ1n) is 9.06. The molecule has 1 aromatic heterocycles. The van der Waals surface area contributed by atoms with Crippen molar-refractivity contribution >= 4 is 33.4 Å². The highest BCUT2D eigenvalue weighted by molar-refractivity contribution is 7.99. The van der Waals surface area contributed by atoms with Gasteiger partial charge in [0.1, 0.15) is 5.03 Å². The lowest BCUT2D eigenvalue weighted by Gasteiger charge is -2.08. The number of nitro groups is 1. The Labute approximate surface area is 183 Å². The predicted octanol–water partition coefficient (Wildman–Crippen LogP) is 2.85. The number of aromatic nitrogens is 1. The highest BCUT2D eigenvalue weighted by Gasteiger charge is 2.17. The zero-order valence-electron chi connectivity index (χ0n) is 16.1. The molecule has 0 aliphatic carbocycles. The molecule has 1 heterocycles. The summed E-state index contributed by atoms with van der Waals surface area (Å²) in [4.78, 5) is 27.3. The fourth-order valence-electron chi connectivity index (χ4n) is 2.51. The van der Waals surface area contributed by atoms with Gasteiger partial charge in [-0.2, -0.15) is 0 Å². The number of pyridine rings is 1. The van der Waals surface area contributed by atoms with Crippen molar-refractivity contribution in [3.63, 3.8) is 0 Å². The second-order valence-corrected chi connectivity index (χ2v) is 9.06. The van der Waals surface area contributed by atoms with Gasteiger partial charge < -0.3 is 5.32 Å². The van der Waals surface area contributed by atoms with E-state index in [0.717, 1.165) is 16.0 Å². The minimum Gasteiger partial charge on any atom is -0.351 e. The highest BCUT2D eigenvalue weighted by atomic mass is 32.2. The minimum absolute atomic E-state index is 0.0530. The number of amides is 1. The third kappa shape index (κ3) is 6.35. The van der Waals surface area contributed by atoms with Crippen molar-refractivity contribution in [3.8, 4) is 0 Å². The van der Waals surface area contributed by atoms with Crippen LogP contribution in [0.5, 0.6) is 0 Å². The quantitative estimate of drug-likeness (QED) is 0.286. The fourth-order valence-corrected chi connectivity index (χ4v) is 4.36. The normalized spacial score (nSPS) is 11.1. The monoisotopic (exact) mass is 458 g/mol. The van der Waals surface area contributed by atoms with Crippen molar-refractivity contribution < 1.29 is 18.1 Å². The molecule has 11 heteroatoms. The zero-order chi connectivity index (χ0) is 22.3. The lowest BCUT2D eigenvalue weighted by molar-refractivity contribution is -0.385. The largest absolute Gasteiger partial charge is 0.351 e. The van der Waals surface area contributed by atoms with E-state index in [1.54, 1.807) is 30.5 Å². The molecule has 0 unspecified atom stereocenters. The second-order valence-electron chi connectivity index (χ2n) is 6.20. The smallest absolute Gasteiger partial charge is 0.270 e. The molecule has 0 atom stereocenters. The lowest BCUT2D eigenvalue weighted by atomic mass is 10.2. The molecule has 0 spiro atoms. The molecule has 0 saturated heterocycles. The van der Waals surface area contributed by atoms with E-state index in [-0.39, 0.29) is 29.6 Å². The molecule has 0 saturated carbocycles. The third-order valence-corrected chi connectivity index (χ3v) is 6.44. The number of nitro benzene ring substituents is 1. The van der Waals surface area contributed by atoms with E-state index in [1.807, 2.05) is 18.2 Å². The van der Waals surface area contributed by atoms with Crippen LogP contribution in [0.3, 0.4) is 0 Å². The van der Waals surface area contributed by atoms with Crippen molar-refractivity contribution in [3.05, 3.63) is 88.6 Å². The number of non-ortho nitro benzene ring substituents is 1. The maximum absolute atomic E-state index is 12.3. The molecule has 0 radical (unpaired) electrons. The van der Waals surface area contributed by atoms with Crippen LogP contribution < -0.4 is 10.0 Å². The van der Waals surface area contributed by atoms with Crippen molar-refractivity contribution in [1.82, 2.24) is 15.0 Å². The molecule has 2 N–H and O–H groups in total. The second kappa shape index (κ2) is 10.2.